The van der Waals surface area contributed by atoms with E-state index in [1.54, 1.807) is 37.3 Å². The number of ether oxygens (including phenoxy) is 1. The number of benzene rings is 2. The Morgan fingerprint density at radius 3 is 2.50 bits per heavy atom. The standard InChI is InChI=1S/C18H17BrFNO3/c1-2-17(22)13-3-5-16(6-4-13)24-11-18(23)21-10-12-7-14(19)9-15(20)8-12/h3-9H,2,10-11H2,1H3,(H,21,23). The Kier molecular flexibility index (Phi) is 6.49. The van der Waals surface area contributed by atoms with E-state index in [1.165, 1.54) is 12.1 Å². The highest BCUT2D eigenvalue weighted by Gasteiger charge is 2.06. The Morgan fingerprint density at radius 1 is 1.17 bits per heavy atom. The quantitative estimate of drug-likeness (QED) is 0.726. The van der Waals surface area contributed by atoms with Crippen LogP contribution in [0, 0.1) is 5.82 Å². The van der Waals surface area contributed by atoms with Gasteiger partial charge in [-0.3, -0.25) is 9.59 Å². The molecule has 0 aliphatic rings. The average molecular weight is 394 g/mol. The number of Topliss-reactive ketones (excluding diaryl/α,β-unsaturated/α-hetero) is 1. The van der Waals surface area contributed by atoms with Gasteiger partial charge in [-0.25, -0.2) is 4.39 Å². The number of rotatable bonds is 7. The van der Waals surface area contributed by atoms with Crippen molar-refractivity contribution in [3.05, 3.63) is 63.9 Å². The Labute approximate surface area is 148 Å². The maximum absolute atomic E-state index is 13.2. The molecular weight excluding hydrogens is 377 g/mol. The second-order valence-corrected chi connectivity index (χ2v) is 6.06. The van der Waals surface area contributed by atoms with Crippen molar-refractivity contribution in [3.63, 3.8) is 0 Å². The van der Waals surface area contributed by atoms with Gasteiger partial charge in [-0.1, -0.05) is 22.9 Å². The van der Waals surface area contributed by atoms with Crippen LogP contribution in [0.1, 0.15) is 29.3 Å². The zero-order chi connectivity index (χ0) is 17.5. The van der Waals surface area contributed by atoms with E-state index in [0.717, 1.165) is 0 Å². The fourth-order valence-corrected chi connectivity index (χ4v) is 2.57. The van der Waals surface area contributed by atoms with Crippen LogP contribution in [0.4, 0.5) is 4.39 Å². The van der Waals surface area contributed by atoms with E-state index in [1.807, 2.05) is 0 Å². The highest BCUT2D eigenvalue weighted by Crippen LogP contribution is 2.15. The Hall–Kier alpha value is -2.21. The highest BCUT2D eigenvalue weighted by atomic mass is 79.9. The predicted octanol–water partition coefficient (Wildman–Crippen LogP) is 3.88. The number of carbonyl (C=O) groups excluding carboxylic acids is 2. The van der Waals surface area contributed by atoms with Gasteiger partial charge in [-0.15, -0.1) is 0 Å². The van der Waals surface area contributed by atoms with Crippen LogP contribution in [-0.4, -0.2) is 18.3 Å². The molecule has 0 aliphatic heterocycles. The smallest absolute Gasteiger partial charge is 0.258 e. The van der Waals surface area contributed by atoms with Gasteiger partial charge in [-0.05, 0) is 48.0 Å². The molecule has 0 saturated heterocycles. The number of hydrogen-bond acceptors (Lipinski definition) is 3. The monoisotopic (exact) mass is 393 g/mol. The van der Waals surface area contributed by atoms with Crippen molar-refractivity contribution >= 4 is 27.6 Å². The maximum Gasteiger partial charge on any atom is 0.258 e. The first-order valence-electron chi connectivity index (χ1n) is 7.45. The second-order valence-electron chi connectivity index (χ2n) is 5.14. The summed E-state index contributed by atoms with van der Waals surface area (Å²) in [6.45, 7) is 1.86. The molecule has 1 N–H and O–H groups in total. The summed E-state index contributed by atoms with van der Waals surface area (Å²) in [6, 6.07) is 11.1. The lowest BCUT2D eigenvalue weighted by Gasteiger charge is -2.08. The van der Waals surface area contributed by atoms with Crippen molar-refractivity contribution in [1.29, 1.82) is 0 Å². The molecule has 0 unspecified atom stereocenters. The van der Waals surface area contributed by atoms with E-state index in [2.05, 4.69) is 21.2 Å². The molecule has 24 heavy (non-hydrogen) atoms. The number of ketones is 1. The maximum atomic E-state index is 13.2. The van der Waals surface area contributed by atoms with Crippen LogP contribution < -0.4 is 10.1 Å². The fraction of sp³-hybridized carbons (Fsp3) is 0.222. The van der Waals surface area contributed by atoms with Gasteiger partial charge < -0.3 is 10.1 Å². The number of hydrogen-bond donors (Lipinski definition) is 1. The van der Waals surface area contributed by atoms with Crippen LogP contribution in [0.3, 0.4) is 0 Å². The van der Waals surface area contributed by atoms with Gasteiger partial charge >= 0.3 is 0 Å². The summed E-state index contributed by atoms with van der Waals surface area (Å²) in [4.78, 5) is 23.3. The SMILES string of the molecule is CCC(=O)c1ccc(OCC(=O)NCc2cc(F)cc(Br)c2)cc1. The summed E-state index contributed by atoms with van der Waals surface area (Å²) in [5.74, 6) is -0.123. The zero-order valence-electron chi connectivity index (χ0n) is 13.1. The van der Waals surface area contributed by atoms with Gasteiger partial charge in [0.25, 0.3) is 5.91 Å². The molecule has 2 rings (SSSR count). The Balaban J connectivity index is 1.81. The molecule has 4 nitrogen and oxygen atoms in total. The van der Waals surface area contributed by atoms with Crippen molar-refractivity contribution in [3.8, 4) is 5.75 Å². The number of nitrogens with one attached hydrogen (secondary N) is 1. The number of halogens is 2. The molecule has 0 heterocycles. The lowest BCUT2D eigenvalue weighted by Crippen LogP contribution is -2.28. The summed E-state index contributed by atoms with van der Waals surface area (Å²) in [6.07, 6.45) is 0.443. The highest BCUT2D eigenvalue weighted by molar-refractivity contribution is 9.10. The first kappa shape index (κ1) is 18.1. The summed E-state index contributed by atoms with van der Waals surface area (Å²) in [5.41, 5.74) is 1.27. The molecule has 0 aliphatic carbocycles. The van der Waals surface area contributed by atoms with Crippen LogP contribution in [0.25, 0.3) is 0 Å². The molecular formula is C18H17BrFNO3. The van der Waals surface area contributed by atoms with Gasteiger partial charge in [-0.2, -0.15) is 0 Å². The lowest BCUT2D eigenvalue weighted by atomic mass is 10.1. The van der Waals surface area contributed by atoms with Crippen LogP contribution in [0.5, 0.6) is 5.75 Å². The zero-order valence-corrected chi connectivity index (χ0v) is 14.7. The fourth-order valence-electron chi connectivity index (χ4n) is 2.05. The van der Waals surface area contributed by atoms with E-state index < -0.39 is 0 Å². The molecule has 2 aromatic rings. The normalized spacial score (nSPS) is 10.3. The minimum atomic E-state index is -0.369. The number of carbonyl (C=O) groups is 2. The van der Waals surface area contributed by atoms with E-state index in [9.17, 15) is 14.0 Å². The third-order valence-corrected chi connectivity index (χ3v) is 3.74. The first-order valence-corrected chi connectivity index (χ1v) is 8.25. The molecule has 2 aromatic carbocycles. The summed E-state index contributed by atoms with van der Waals surface area (Å²) >= 11 is 3.20. The van der Waals surface area contributed by atoms with Crippen molar-refractivity contribution in [2.45, 2.75) is 19.9 Å². The van der Waals surface area contributed by atoms with E-state index >= 15 is 0 Å². The molecule has 0 atom stereocenters. The largest absolute Gasteiger partial charge is 0.484 e. The summed E-state index contributed by atoms with van der Waals surface area (Å²) < 4.78 is 19.2. The van der Waals surface area contributed by atoms with Crippen molar-refractivity contribution in [1.82, 2.24) is 5.32 Å². The Bertz CT molecular complexity index is 711. The average Bonchev–Trinajstić information content (AvgIpc) is 2.57. The topological polar surface area (TPSA) is 55.4 Å². The molecule has 0 fully saturated rings. The van der Waals surface area contributed by atoms with Gasteiger partial charge in [0.15, 0.2) is 12.4 Å². The summed E-state index contributed by atoms with van der Waals surface area (Å²) in [7, 11) is 0. The van der Waals surface area contributed by atoms with Gasteiger partial charge in [0.2, 0.25) is 0 Å². The molecule has 0 spiro atoms. The minimum absolute atomic E-state index is 0.0561. The predicted molar refractivity (Wildman–Crippen MR) is 92.5 cm³/mol. The molecule has 126 valence electrons. The molecule has 0 radical (unpaired) electrons. The van der Waals surface area contributed by atoms with Crippen LogP contribution in [-0.2, 0) is 11.3 Å². The molecule has 0 bridgehead atoms. The van der Waals surface area contributed by atoms with Gasteiger partial charge in [0.05, 0.1) is 0 Å². The third kappa shape index (κ3) is 5.45. The van der Waals surface area contributed by atoms with Gasteiger partial charge in [0, 0.05) is 23.0 Å². The van der Waals surface area contributed by atoms with E-state index in [0.29, 0.717) is 27.8 Å². The van der Waals surface area contributed by atoms with Crippen molar-refractivity contribution in [2.75, 3.05) is 6.61 Å². The lowest BCUT2D eigenvalue weighted by molar-refractivity contribution is -0.123. The van der Waals surface area contributed by atoms with E-state index in [-0.39, 0.29) is 30.7 Å². The second kappa shape index (κ2) is 8.59. The minimum Gasteiger partial charge on any atom is -0.484 e. The first-order chi connectivity index (χ1) is 11.5. The molecule has 6 heteroatoms. The van der Waals surface area contributed by atoms with Crippen LogP contribution in [0.15, 0.2) is 46.9 Å². The Morgan fingerprint density at radius 2 is 1.88 bits per heavy atom. The van der Waals surface area contributed by atoms with Crippen molar-refractivity contribution in [2.24, 2.45) is 0 Å². The molecule has 0 aromatic heterocycles. The van der Waals surface area contributed by atoms with Crippen LogP contribution in [0.2, 0.25) is 0 Å². The van der Waals surface area contributed by atoms with Gasteiger partial charge in [0.1, 0.15) is 11.6 Å². The molecule has 1 amide bonds. The molecule has 0 saturated carbocycles. The number of amides is 1. The third-order valence-electron chi connectivity index (χ3n) is 3.28. The van der Waals surface area contributed by atoms with Crippen LogP contribution >= 0.6 is 15.9 Å². The van der Waals surface area contributed by atoms with E-state index in [4.69, 9.17) is 4.74 Å². The van der Waals surface area contributed by atoms with Crippen molar-refractivity contribution < 1.29 is 18.7 Å². The summed E-state index contributed by atoms with van der Waals surface area (Å²) in [5, 5.41) is 2.66.